The van der Waals surface area contributed by atoms with Gasteiger partial charge in [0, 0.05) is 17.9 Å². The number of ether oxygens (including phenoxy) is 2. The second-order valence-corrected chi connectivity index (χ2v) is 11.7. The predicted octanol–water partition coefficient (Wildman–Crippen LogP) is 9.32. The molecule has 40 heavy (non-hydrogen) atoms. The molecule has 11 heteroatoms. The molecule has 0 aromatic rings. The van der Waals surface area contributed by atoms with Crippen LogP contribution in [0.5, 0.6) is 0 Å². The molecule has 0 radical (unpaired) electrons. The summed E-state index contributed by atoms with van der Waals surface area (Å²) >= 11 is 0. The Labute approximate surface area is 242 Å². The third-order valence-electron chi connectivity index (χ3n) is 6.41. The molecule has 0 aromatic heterocycles. The minimum absolute atomic E-state index is 0.00382. The molecule has 0 saturated carbocycles. The van der Waals surface area contributed by atoms with Crippen LogP contribution in [0.15, 0.2) is 17.5 Å². The zero-order valence-corrected chi connectivity index (χ0v) is 26.1. The minimum Gasteiger partial charge on any atom is -0.498 e. The Hall–Kier alpha value is -1.57. The molecular weight excluding hydrogens is 533 g/mol. The van der Waals surface area contributed by atoms with Gasteiger partial charge in [0.1, 0.15) is 6.61 Å². The number of phosphoric ester groups is 1. The van der Waals surface area contributed by atoms with Crippen molar-refractivity contribution in [3.8, 4) is 0 Å². The van der Waals surface area contributed by atoms with Gasteiger partial charge in [-0.1, -0.05) is 115 Å². The summed E-state index contributed by atoms with van der Waals surface area (Å²) in [7, 11) is -4.39. The van der Waals surface area contributed by atoms with Crippen molar-refractivity contribution in [3.63, 3.8) is 0 Å². The van der Waals surface area contributed by atoms with Gasteiger partial charge in [0.2, 0.25) is 0 Å². The van der Waals surface area contributed by atoms with Crippen molar-refractivity contribution in [2.24, 2.45) is 5.11 Å². The van der Waals surface area contributed by atoms with E-state index in [1.807, 2.05) is 6.08 Å². The number of carbonyl (C=O) groups excluding carboxylic acids is 1. The van der Waals surface area contributed by atoms with Gasteiger partial charge in [-0.15, -0.1) is 0 Å². The fraction of sp³-hybridized carbons (Fsp3) is 0.897. The lowest BCUT2D eigenvalue weighted by atomic mass is 10.1. The predicted molar refractivity (Wildman–Crippen MR) is 160 cm³/mol. The Morgan fingerprint density at radius 3 is 1.98 bits per heavy atom. The second kappa shape index (κ2) is 28.9. The van der Waals surface area contributed by atoms with E-state index in [1.54, 1.807) is 6.26 Å². The second-order valence-electron chi connectivity index (χ2n) is 10.2. The van der Waals surface area contributed by atoms with Crippen LogP contribution < -0.4 is 0 Å². The van der Waals surface area contributed by atoms with Crippen LogP contribution in [0, 0.1) is 0 Å². The average Bonchev–Trinajstić information content (AvgIpc) is 2.93. The number of esters is 1. The first-order valence-electron chi connectivity index (χ1n) is 15.5. The van der Waals surface area contributed by atoms with Crippen LogP contribution in [0.2, 0.25) is 0 Å². The third-order valence-corrected chi connectivity index (χ3v) is 7.40. The van der Waals surface area contributed by atoms with Gasteiger partial charge in [0.25, 0.3) is 0 Å². The number of carbonyl (C=O) groups is 1. The molecule has 0 aliphatic heterocycles. The monoisotopic (exact) mass is 589 g/mol. The molecule has 0 saturated heterocycles. The van der Waals surface area contributed by atoms with Crippen molar-refractivity contribution in [1.29, 1.82) is 0 Å². The fourth-order valence-corrected chi connectivity index (χ4v) is 4.83. The Kier molecular flexibility index (Phi) is 27.8. The average molecular weight is 590 g/mol. The number of rotatable bonds is 30. The van der Waals surface area contributed by atoms with Gasteiger partial charge < -0.3 is 14.4 Å². The maximum Gasteiger partial charge on any atom is 0.472 e. The molecule has 1 N–H and O–H groups in total. The highest BCUT2D eigenvalue weighted by atomic mass is 31.2. The standard InChI is InChI=1S/C29H56N3O7P/c1-3-5-7-9-11-13-15-17-19-21-24-36-26-28(27-38-40(34,35)37-25-23-31-32-30)39-29(33)22-20-18-16-14-12-10-8-6-4-2/h21,24,28H,3-20,22-23,25-27H2,1-2H3,(H,34,35)/b24-21-/t28-/m1/s1. The lowest BCUT2D eigenvalue weighted by Gasteiger charge is -2.19. The van der Waals surface area contributed by atoms with Gasteiger partial charge in [0.05, 0.1) is 19.5 Å². The van der Waals surface area contributed by atoms with E-state index >= 15 is 0 Å². The van der Waals surface area contributed by atoms with Crippen LogP contribution in [-0.2, 0) is 27.9 Å². The number of hydrogen-bond donors (Lipinski definition) is 1. The van der Waals surface area contributed by atoms with Crippen LogP contribution in [0.25, 0.3) is 10.4 Å². The summed E-state index contributed by atoms with van der Waals surface area (Å²) in [4.78, 5) is 24.8. The smallest absolute Gasteiger partial charge is 0.472 e. The van der Waals surface area contributed by atoms with Crippen molar-refractivity contribution in [2.45, 2.75) is 142 Å². The molecule has 234 valence electrons. The number of phosphoric acid groups is 1. The van der Waals surface area contributed by atoms with Gasteiger partial charge in [-0.2, -0.15) is 0 Å². The Morgan fingerprint density at radius 1 is 0.850 bits per heavy atom. The van der Waals surface area contributed by atoms with E-state index in [4.69, 9.17) is 24.1 Å². The number of hydrogen-bond acceptors (Lipinski definition) is 7. The Morgan fingerprint density at radius 2 is 1.40 bits per heavy atom. The molecule has 0 spiro atoms. The van der Waals surface area contributed by atoms with E-state index in [1.165, 1.54) is 83.5 Å². The lowest BCUT2D eigenvalue weighted by molar-refractivity contribution is -0.153. The normalized spacial score (nSPS) is 13.6. The Bertz CT molecular complexity index is 718. The van der Waals surface area contributed by atoms with E-state index in [-0.39, 0.29) is 38.8 Å². The summed E-state index contributed by atoms with van der Waals surface area (Å²) in [6, 6.07) is 0. The Balaban J connectivity index is 4.38. The lowest BCUT2D eigenvalue weighted by Crippen LogP contribution is -2.27. The van der Waals surface area contributed by atoms with Crippen molar-refractivity contribution in [2.75, 3.05) is 26.4 Å². The zero-order valence-electron chi connectivity index (χ0n) is 25.2. The first-order valence-corrected chi connectivity index (χ1v) is 17.0. The molecule has 1 unspecified atom stereocenters. The molecule has 0 aromatic carbocycles. The fourth-order valence-electron chi connectivity index (χ4n) is 4.09. The van der Waals surface area contributed by atoms with Crippen LogP contribution in [-0.4, -0.2) is 43.3 Å². The highest BCUT2D eigenvalue weighted by molar-refractivity contribution is 7.47. The molecule has 0 rings (SSSR count). The highest BCUT2D eigenvalue weighted by Gasteiger charge is 2.25. The van der Waals surface area contributed by atoms with Gasteiger partial charge in [-0.05, 0) is 30.9 Å². The summed E-state index contributed by atoms with van der Waals surface area (Å²) in [5.41, 5.74) is 8.28. The molecule has 0 aliphatic carbocycles. The van der Waals surface area contributed by atoms with Crippen molar-refractivity contribution < 1.29 is 32.8 Å². The topological polar surface area (TPSA) is 140 Å². The summed E-state index contributed by atoms with van der Waals surface area (Å²) < 4.78 is 32.9. The summed E-state index contributed by atoms with van der Waals surface area (Å²) in [6.45, 7) is 3.71. The number of allylic oxidation sites excluding steroid dienone is 1. The summed E-state index contributed by atoms with van der Waals surface area (Å²) in [5, 5.41) is 3.24. The van der Waals surface area contributed by atoms with E-state index in [2.05, 4.69) is 23.9 Å². The van der Waals surface area contributed by atoms with Crippen LogP contribution in [0.1, 0.15) is 136 Å². The molecule has 2 atom stereocenters. The largest absolute Gasteiger partial charge is 0.498 e. The number of azide groups is 1. The summed E-state index contributed by atoms with van der Waals surface area (Å²) in [6.07, 6.45) is 24.2. The van der Waals surface area contributed by atoms with E-state index in [9.17, 15) is 14.3 Å². The van der Waals surface area contributed by atoms with Crippen LogP contribution in [0.4, 0.5) is 0 Å². The quantitative estimate of drug-likeness (QED) is 0.0167. The maximum atomic E-state index is 12.4. The SMILES string of the molecule is CCCCCCCCCC/C=C\OC[C@H](COP(=O)(O)OCCN=[N+]=[N-])OC(=O)CCCCCCCCCCC. The molecule has 0 bridgehead atoms. The van der Waals surface area contributed by atoms with E-state index in [0.717, 1.165) is 32.1 Å². The number of nitrogens with zero attached hydrogens (tertiary/aromatic N) is 3. The molecule has 0 fully saturated rings. The van der Waals surface area contributed by atoms with Crippen molar-refractivity contribution in [1.82, 2.24) is 0 Å². The van der Waals surface area contributed by atoms with E-state index in [0.29, 0.717) is 0 Å². The molecular formula is C29H56N3O7P. The van der Waals surface area contributed by atoms with E-state index < -0.39 is 13.9 Å². The highest BCUT2D eigenvalue weighted by Crippen LogP contribution is 2.43. The zero-order chi connectivity index (χ0) is 29.6. The third kappa shape index (κ3) is 28.0. The van der Waals surface area contributed by atoms with Crippen molar-refractivity contribution in [3.05, 3.63) is 22.8 Å². The van der Waals surface area contributed by atoms with Crippen LogP contribution >= 0.6 is 7.82 Å². The first-order chi connectivity index (χ1) is 19.4. The number of unbranched alkanes of at least 4 members (excludes halogenated alkanes) is 16. The minimum atomic E-state index is -4.39. The van der Waals surface area contributed by atoms with Crippen LogP contribution in [0.3, 0.4) is 0 Å². The molecule has 0 aliphatic rings. The molecule has 10 nitrogen and oxygen atoms in total. The summed E-state index contributed by atoms with van der Waals surface area (Å²) in [5.74, 6) is -0.389. The van der Waals surface area contributed by atoms with Gasteiger partial charge >= 0.3 is 13.8 Å². The maximum absolute atomic E-state index is 12.4. The van der Waals surface area contributed by atoms with Gasteiger partial charge in [-0.3, -0.25) is 13.8 Å². The van der Waals surface area contributed by atoms with Crippen molar-refractivity contribution >= 4 is 13.8 Å². The molecule has 0 heterocycles. The first kappa shape index (κ1) is 38.4. The van der Waals surface area contributed by atoms with Gasteiger partial charge in [0.15, 0.2) is 6.10 Å². The molecule has 0 amide bonds. The van der Waals surface area contributed by atoms with Gasteiger partial charge in [-0.25, -0.2) is 4.57 Å².